The molecule has 1 heterocycles. The Morgan fingerprint density at radius 1 is 1.38 bits per heavy atom. The minimum atomic E-state index is -0.0436. The van der Waals surface area contributed by atoms with Crippen LogP contribution >= 0.6 is 0 Å². The van der Waals surface area contributed by atoms with Crippen molar-refractivity contribution in [1.29, 1.82) is 0 Å². The van der Waals surface area contributed by atoms with E-state index in [2.05, 4.69) is 22.5 Å². The highest BCUT2D eigenvalue weighted by Gasteiger charge is 2.39. The molecule has 2 saturated carbocycles. The monoisotopic (exact) mass is 287 g/mol. The molecule has 114 valence electrons. The van der Waals surface area contributed by atoms with Crippen LogP contribution in [0.4, 0.5) is 5.69 Å². The SMILES string of the molecule is CCCNc1ccnc(C(=O)NCC2CC3CCC2C3)c1. The summed E-state index contributed by atoms with van der Waals surface area (Å²) in [5.41, 5.74) is 1.48. The molecule has 0 aliphatic heterocycles. The highest BCUT2D eigenvalue weighted by atomic mass is 16.1. The van der Waals surface area contributed by atoms with Gasteiger partial charge in [0.1, 0.15) is 5.69 Å². The number of nitrogens with one attached hydrogen (secondary N) is 2. The molecule has 1 aromatic heterocycles. The summed E-state index contributed by atoms with van der Waals surface area (Å²) in [5.74, 6) is 2.42. The Labute approximate surface area is 126 Å². The highest BCUT2D eigenvalue weighted by molar-refractivity contribution is 5.93. The molecule has 4 nitrogen and oxygen atoms in total. The molecular weight excluding hydrogens is 262 g/mol. The van der Waals surface area contributed by atoms with Gasteiger partial charge in [-0.05, 0) is 55.6 Å². The van der Waals surface area contributed by atoms with Crippen LogP contribution in [0.1, 0.15) is 49.5 Å². The van der Waals surface area contributed by atoms with Gasteiger partial charge in [0.15, 0.2) is 0 Å². The van der Waals surface area contributed by atoms with Crippen LogP contribution in [0.5, 0.6) is 0 Å². The topological polar surface area (TPSA) is 54.0 Å². The molecule has 21 heavy (non-hydrogen) atoms. The minimum Gasteiger partial charge on any atom is -0.385 e. The molecule has 2 fully saturated rings. The van der Waals surface area contributed by atoms with Gasteiger partial charge >= 0.3 is 0 Å². The third kappa shape index (κ3) is 3.36. The Morgan fingerprint density at radius 2 is 2.29 bits per heavy atom. The summed E-state index contributed by atoms with van der Waals surface area (Å²) < 4.78 is 0. The maximum atomic E-state index is 12.2. The number of fused-ring (bicyclic) bond motifs is 2. The lowest BCUT2D eigenvalue weighted by Crippen LogP contribution is -2.32. The van der Waals surface area contributed by atoms with E-state index in [1.54, 1.807) is 6.20 Å². The van der Waals surface area contributed by atoms with Crippen LogP contribution in [0.2, 0.25) is 0 Å². The second-order valence-corrected chi connectivity index (χ2v) is 6.50. The summed E-state index contributed by atoms with van der Waals surface area (Å²) in [6.45, 7) is 3.85. The number of hydrogen-bond acceptors (Lipinski definition) is 3. The van der Waals surface area contributed by atoms with Crippen LogP contribution in [0.15, 0.2) is 18.3 Å². The van der Waals surface area contributed by atoms with E-state index < -0.39 is 0 Å². The summed E-state index contributed by atoms with van der Waals surface area (Å²) in [6, 6.07) is 3.74. The van der Waals surface area contributed by atoms with E-state index in [0.29, 0.717) is 11.6 Å². The molecule has 2 N–H and O–H groups in total. The number of pyridine rings is 1. The van der Waals surface area contributed by atoms with Crippen molar-refractivity contribution in [1.82, 2.24) is 10.3 Å². The zero-order chi connectivity index (χ0) is 14.7. The summed E-state index contributed by atoms with van der Waals surface area (Å²) in [5, 5.41) is 6.37. The lowest BCUT2D eigenvalue weighted by molar-refractivity contribution is 0.0937. The van der Waals surface area contributed by atoms with Crippen LogP contribution in [0, 0.1) is 17.8 Å². The van der Waals surface area contributed by atoms with Crippen molar-refractivity contribution in [2.45, 2.75) is 39.0 Å². The second kappa shape index (κ2) is 6.46. The Kier molecular flexibility index (Phi) is 4.42. The van der Waals surface area contributed by atoms with Gasteiger partial charge in [-0.2, -0.15) is 0 Å². The molecule has 3 atom stereocenters. The summed E-state index contributed by atoms with van der Waals surface area (Å²) in [4.78, 5) is 16.4. The van der Waals surface area contributed by atoms with Gasteiger partial charge in [-0.25, -0.2) is 0 Å². The van der Waals surface area contributed by atoms with Crippen molar-refractivity contribution in [3.05, 3.63) is 24.0 Å². The number of rotatable bonds is 6. The molecule has 4 heteroatoms. The van der Waals surface area contributed by atoms with Crippen LogP contribution in [0.3, 0.4) is 0 Å². The number of anilines is 1. The van der Waals surface area contributed by atoms with Gasteiger partial charge in [-0.1, -0.05) is 13.3 Å². The molecule has 1 aromatic rings. The van der Waals surface area contributed by atoms with Gasteiger partial charge < -0.3 is 10.6 Å². The van der Waals surface area contributed by atoms with Gasteiger partial charge in [0, 0.05) is 25.0 Å². The predicted molar refractivity (Wildman–Crippen MR) is 84.3 cm³/mol. The Morgan fingerprint density at radius 3 is 3.00 bits per heavy atom. The van der Waals surface area contributed by atoms with Crippen LogP contribution in [-0.4, -0.2) is 24.0 Å². The number of nitrogens with zero attached hydrogens (tertiary/aromatic N) is 1. The normalized spacial score (nSPS) is 26.8. The fourth-order valence-corrected chi connectivity index (χ4v) is 3.87. The molecule has 0 radical (unpaired) electrons. The molecule has 3 rings (SSSR count). The van der Waals surface area contributed by atoms with Crippen molar-refractivity contribution in [3.8, 4) is 0 Å². The van der Waals surface area contributed by atoms with E-state index in [9.17, 15) is 4.79 Å². The molecule has 2 aliphatic rings. The largest absolute Gasteiger partial charge is 0.385 e. The van der Waals surface area contributed by atoms with Gasteiger partial charge in [-0.3, -0.25) is 9.78 Å². The first-order valence-corrected chi connectivity index (χ1v) is 8.24. The molecular formula is C17H25N3O. The summed E-state index contributed by atoms with van der Waals surface area (Å²) in [7, 11) is 0. The van der Waals surface area contributed by atoms with Gasteiger partial charge in [0.25, 0.3) is 5.91 Å². The number of hydrogen-bond donors (Lipinski definition) is 2. The van der Waals surface area contributed by atoms with Gasteiger partial charge in [-0.15, -0.1) is 0 Å². The fourth-order valence-electron chi connectivity index (χ4n) is 3.87. The first-order valence-electron chi connectivity index (χ1n) is 8.24. The second-order valence-electron chi connectivity index (χ2n) is 6.50. The molecule has 3 unspecified atom stereocenters. The number of carbonyl (C=O) groups is 1. The molecule has 1 amide bonds. The van der Waals surface area contributed by atoms with Gasteiger partial charge in [0.05, 0.1) is 0 Å². The molecule has 0 aromatic carbocycles. The Balaban J connectivity index is 1.53. The summed E-state index contributed by atoms with van der Waals surface area (Å²) in [6.07, 6.45) is 8.21. The van der Waals surface area contributed by atoms with E-state index in [1.165, 1.54) is 25.7 Å². The zero-order valence-electron chi connectivity index (χ0n) is 12.8. The van der Waals surface area contributed by atoms with Crippen LogP contribution < -0.4 is 10.6 Å². The zero-order valence-corrected chi connectivity index (χ0v) is 12.8. The third-order valence-corrected chi connectivity index (χ3v) is 4.98. The van der Waals surface area contributed by atoms with Crippen molar-refractivity contribution in [3.63, 3.8) is 0 Å². The third-order valence-electron chi connectivity index (χ3n) is 4.98. The standard InChI is InChI=1S/C17H25N3O/c1-2-6-18-15-5-7-19-16(10-15)17(21)20-11-14-9-12-3-4-13(14)8-12/h5,7,10,12-14H,2-4,6,8-9,11H2,1H3,(H,18,19)(H,20,21). The molecule has 2 aliphatic carbocycles. The average Bonchev–Trinajstić information content (AvgIpc) is 3.13. The lowest BCUT2D eigenvalue weighted by Gasteiger charge is -2.21. The number of aromatic nitrogens is 1. The van der Waals surface area contributed by atoms with E-state index in [0.717, 1.165) is 37.0 Å². The molecule has 0 saturated heterocycles. The van der Waals surface area contributed by atoms with Crippen molar-refractivity contribution in [2.24, 2.45) is 17.8 Å². The Bertz CT molecular complexity index is 503. The quantitative estimate of drug-likeness (QED) is 0.845. The Hall–Kier alpha value is -1.58. The maximum absolute atomic E-state index is 12.2. The van der Waals surface area contributed by atoms with Crippen LogP contribution in [-0.2, 0) is 0 Å². The summed E-state index contributed by atoms with van der Waals surface area (Å²) >= 11 is 0. The molecule has 2 bridgehead atoms. The first kappa shape index (κ1) is 14.4. The van der Waals surface area contributed by atoms with E-state index in [1.807, 2.05) is 12.1 Å². The number of carbonyl (C=O) groups excluding carboxylic acids is 1. The van der Waals surface area contributed by atoms with Gasteiger partial charge in [0.2, 0.25) is 0 Å². The van der Waals surface area contributed by atoms with E-state index >= 15 is 0 Å². The van der Waals surface area contributed by atoms with Crippen molar-refractivity contribution >= 4 is 11.6 Å². The minimum absolute atomic E-state index is 0.0436. The molecule has 0 spiro atoms. The average molecular weight is 287 g/mol. The highest BCUT2D eigenvalue weighted by Crippen LogP contribution is 2.47. The van der Waals surface area contributed by atoms with Crippen LogP contribution in [0.25, 0.3) is 0 Å². The predicted octanol–water partition coefficient (Wildman–Crippen LogP) is 3.07. The van der Waals surface area contributed by atoms with E-state index in [4.69, 9.17) is 0 Å². The van der Waals surface area contributed by atoms with Crippen molar-refractivity contribution in [2.75, 3.05) is 18.4 Å². The lowest BCUT2D eigenvalue weighted by atomic mass is 9.89. The smallest absolute Gasteiger partial charge is 0.269 e. The number of amides is 1. The maximum Gasteiger partial charge on any atom is 0.269 e. The van der Waals surface area contributed by atoms with E-state index in [-0.39, 0.29) is 5.91 Å². The van der Waals surface area contributed by atoms with Crippen molar-refractivity contribution < 1.29 is 4.79 Å². The fraction of sp³-hybridized carbons (Fsp3) is 0.647. The first-order chi connectivity index (χ1) is 10.3.